The maximum absolute atomic E-state index is 13.7. The molecule has 1 fully saturated rings. The Labute approximate surface area is 217 Å². The van der Waals surface area contributed by atoms with Gasteiger partial charge in [0.1, 0.15) is 5.50 Å². The summed E-state index contributed by atoms with van der Waals surface area (Å²) in [6, 6.07) is 23.3. The monoisotopic (exact) mass is 501 g/mol. The summed E-state index contributed by atoms with van der Waals surface area (Å²) in [6.07, 6.45) is 6.55. The van der Waals surface area contributed by atoms with Gasteiger partial charge in [0, 0.05) is 28.9 Å². The van der Waals surface area contributed by atoms with Crippen LogP contribution in [-0.4, -0.2) is 23.4 Å². The Balaban J connectivity index is 1.36. The van der Waals surface area contributed by atoms with E-state index in [1.165, 1.54) is 25.7 Å². The highest BCUT2D eigenvalue weighted by atomic mass is 35.5. The molecule has 186 valence electrons. The fourth-order valence-electron chi connectivity index (χ4n) is 5.39. The molecule has 0 bridgehead atoms. The van der Waals surface area contributed by atoms with Crippen LogP contribution in [0, 0.1) is 6.92 Å². The second-order valence-corrected chi connectivity index (χ2v) is 10.3. The number of para-hydroxylation sites is 1. The minimum Gasteiger partial charge on any atom is -0.322 e. The second-order valence-electron chi connectivity index (χ2n) is 9.79. The molecule has 0 spiro atoms. The number of nitrogens with one attached hydrogen (secondary N) is 2. The first-order valence-corrected chi connectivity index (χ1v) is 13.2. The van der Waals surface area contributed by atoms with E-state index in [9.17, 15) is 9.59 Å². The van der Waals surface area contributed by atoms with Gasteiger partial charge in [0.05, 0.1) is 5.69 Å². The number of rotatable bonds is 5. The number of alkyl halides is 1. The Morgan fingerprint density at radius 2 is 1.56 bits per heavy atom. The summed E-state index contributed by atoms with van der Waals surface area (Å²) in [4.78, 5) is 28.1. The lowest BCUT2D eigenvalue weighted by molar-refractivity contribution is 0.0982. The highest BCUT2D eigenvalue weighted by Gasteiger charge is 2.33. The first-order chi connectivity index (χ1) is 17.5. The molecule has 2 N–H and O–H groups in total. The van der Waals surface area contributed by atoms with E-state index in [2.05, 4.69) is 16.7 Å². The molecule has 5 nitrogen and oxygen atoms in total. The van der Waals surface area contributed by atoms with Gasteiger partial charge in [0.15, 0.2) is 0 Å². The van der Waals surface area contributed by atoms with Crippen molar-refractivity contribution in [2.24, 2.45) is 0 Å². The van der Waals surface area contributed by atoms with Gasteiger partial charge in [-0.1, -0.05) is 60.8 Å². The lowest BCUT2D eigenvalue weighted by atomic mass is 10.00. The van der Waals surface area contributed by atoms with Gasteiger partial charge in [-0.3, -0.25) is 14.5 Å². The maximum Gasteiger partial charge on any atom is 0.259 e. The van der Waals surface area contributed by atoms with Gasteiger partial charge >= 0.3 is 0 Å². The molecule has 6 heteroatoms. The van der Waals surface area contributed by atoms with Gasteiger partial charge in [0.2, 0.25) is 0 Å². The van der Waals surface area contributed by atoms with Gasteiger partial charge < -0.3 is 10.6 Å². The smallest absolute Gasteiger partial charge is 0.259 e. The minimum absolute atomic E-state index is 0.138. The molecule has 1 aliphatic heterocycles. The summed E-state index contributed by atoms with van der Waals surface area (Å²) < 4.78 is 0. The van der Waals surface area contributed by atoms with Gasteiger partial charge in [-0.25, -0.2) is 0 Å². The van der Waals surface area contributed by atoms with Crippen molar-refractivity contribution in [2.75, 3.05) is 10.2 Å². The molecule has 2 unspecified atom stereocenters. The summed E-state index contributed by atoms with van der Waals surface area (Å²) in [5.74, 6) is -0.309. The molecule has 0 saturated heterocycles. The number of carbonyl (C=O) groups is 2. The van der Waals surface area contributed by atoms with Crippen LogP contribution in [-0.2, 0) is 0 Å². The topological polar surface area (TPSA) is 61.4 Å². The van der Waals surface area contributed by atoms with Crippen LogP contribution in [0.5, 0.6) is 0 Å². The van der Waals surface area contributed by atoms with Crippen molar-refractivity contribution in [3.63, 3.8) is 0 Å². The molecular weight excluding hydrogens is 470 g/mol. The molecule has 0 radical (unpaired) electrons. The van der Waals surface area contributed by atoms with E-state index in [4.69, 9.17) is 11.6 Å². The third-order valence-corrected chi connectivity index (χ3v) is 7.75. The number of amides is 2. The van der Waals surface area contributed by atoms with E-state index < -0.39 is 5.50 Å². The number of aryl methyl sites for hydroxylation is 1. The van der Waals surface area contributed by atoms with Crippen molar-refractivity contribution >= 4 is 34.8 Å². The molecule has 5 rings (SSSR count). The molecule has 1 heterocycles. The minimum atomic E-state index is -0.436. The standard InChI is InChI=1S/C30H32ClN3O2/c1-20-8-2-5-11-24(20)29(35)33-23-16-14-21(15-17-23)30(36)34-27-13-7-6-12-25(27)26(18-19-28(34)31)32-22-9-3-4-10-22/h2,5-8,11-17,22,26,28,32H,3-4,9-10,18-19H2,1H3,(H,33,35). The van der Waals surface area contributed by atoms with E-state index in [0.29, 0.717) is 29.3 Å². The molecule has 1 saturated carbocycles. The van der Waals surface area contributed by atoms with Crippen molar-refractivity contribution in [1.29, 1.82) is 0 Å². The van der Waals surface area contributed by atoms with Crippen LogP contribution in [0.2, 0.25) is 0 Å². The Hall–Kier alpha value is -3.15. The zero-order chi connectivity index (χ0) is 25.1. The van der Waals surface area contributed by atoms with Crippen LogP contribution < -0.4 is 15.5 Å². The fraction of sp³-hybridized carbons (Fsp3) is 0.333. The Kier molecular flexibility index (Phi) is 7.40. The van der Waals surface area contributed by atoms with E-state index in [1.54, 1.807) is 35.2 Å². The normalized spacial score (nSPS) is 20.0. The molecule has 2 amide bonds. The maximum atomic E-state index is 13.7. The van der Waals surface area contributed by atoms with E-state index in [1.807, 2.05) is 43.3 Å². The van der Waals surface area contributed by atoms with Crippen LogP contribution >= 0.6 is 11.6 Å². The van der Waals surface area contributed by atoms with Crippen LogP contribution in [0.4, 0.5) is 11.4 Å². The van der Waals surface area contributed by atoms with Gasteiger partial charge in [-0.05, 0) is 80.1 Å². The largest absolute Gasteiger partial charge is 0.322 e. The Bertz CT molecular complexity index is 1240. The Morgan fingerprint density at radius 1 is 0.861 bits per heavy atom. The highest BCUT2D eigenvalue weighted by molar-refractivity contribution is 6.26. The molecule has 3 aromatic carbocycles. The molecule has 36 heavy (non-hydrogen) atoms. The van der Waals surface area contributed by atoms with Crippen LogP contribution in [0.25, 0.3) is 0 Å². The van der Waals surface area contributed by atoms with Crippen molar-refractivity contribution in [3.05, 3.63) is 95.1 Å². The first kappa shape index (κ1) is 24.5. The molecule has 2 aliphatic rings. The number of carbonyl (C=O) groups excluding carboxylic acids is 2. The van der Waals surface area contributed by atoms with Crippen molar-refractivity contribution < 1.29 is 9.59 Å². The van der Waals surface area contributed by atoms with Crippen molar-refractivity contribution in [2.45, 2.75) is 63.0 Å². The average molecular weight is 502 g/mol. The van der Waals surface area contributed by atoms with Crippen LogP contribution in [0.3, 0.4) is 0 Å². The molecule has 3 aromatic rings. The van der Waals surface area contributed by atoms with Gasteiger partial charge in [0.25, 0.3) is 11.8 Å². The van der Waals surface area contributed by atoms with Gasteiger partial charge in [-0.15, -0.1) is 0 Å². The molecule has 0 aromatic heterocycles. The SMILES string of the molecule is Cc1ccccc1C(=O)Nc1ccc(C(=O)N2c3ccccc3C(NC3CCCC3)CCC2Cl)cc1. The summed E-state index contributed by atoms with van der Waals surface area (Å²) in [6.45, 7) is 1.91. The third-order valence-electron chi connectivity index (χ3n) is 7.34. The number of fused-ring (bicyclic) bond motifs is 1. The predicted molar refractivity (Wildman–Crippen MR) is 146 cm³/mol. The third kappa shape index (κ3) is 5.18. The second kappa shape index (κ2) is 10.9. The lowest BCUT2D eigenvalue weighted by Gasteiger charge is -2.28. The molecular formula is C30H32ClN3O2. The Morgan fingerprint density at radius 3 is 2.31 bits per heavy atom. The van der Waals surface area contributed by atoms with Crippen LogP contribution in [0.15, 0.2) is 72.8 Å². The lowest BCUT2D eigenvalue weighted by Crippen LogP contribution is -2.37. The molecule has 1 aliphatic carbocycles. The summed E-state index contributed by atoms with van der Waals surface area (Å²) in [5.41, 5.74) is 4.27. The van der Waals surface area contributed by atoms with E-state index in [-0.39, 0.29) is 17.9 Å². The zero-order valence-electron chi connectivity index (χ0n) is 20.5. The van der Waals surface area contributed by atoms with Crippen molar-refractivity contribution in [3.8, 4) is 0 Å². The number of anilines is 2. The number of benzene rings is 3. The molecule has 2 atom stereocenters. The quantitative estimate of drug-likeness (QED) is 0.297. The summed E-state index contributed by atoms with van der Waals surface area (Å²) >= 11 is 6.84. The zero-order valence-corrected chi connectivity index (χ0v) is 21.3. The summed E-state index contributed by atoms with van der Waals surface area (Å²) in [5, 5.41) is 6.76. The van der Waals surface area contributed by atoms with E-state index >= 15 is 0 Å². The number of halogens is 1. The highest BCUT2D eigenvalue weighted by Crippen LogP contribution is 2.38. The van der Waals surface area contributed by atoms with E-state index in [0.717, 1.165) is 23.2 Å². The van der Waals surface area contributed by atoms with Gasteiger partial charge in [-0.2, -0.15) is 0 Å². The van der Waals surface area contributed by atoms with Crippen molar-refractivity contribution in [1.82, 2.24) is 5.32 Å². The number of hydrogen-bond donors (Lipinski definition) is 2. The number of nitrogens with zero attached hydrogens (tertiary/aromatic N) is 1. The average Bonchev–Trinajstić information content (AvgIpc) is 3.36. The van der Waals surface area contributed by atoms with Crippen LogP contribution in [0.1, 0.15) is 76.4 Å². The number of hydrogen-bond acceptors (Lipinski definition) is 3. The predicted octanol–water partition coefficient (Wildman–Crippen LogP) is 6.83. The first-order valence-electron chi connectivity index (χ1n) is 12.8. The fourth-order valence-corrected chi connectivity index (χ4v) is 5.71. The summed E-state index contributed by atoms with van der Waals surface area (Å²) in [7, 11) is 0.